The molecule has 1 saturated heterocycles. The number of carboxylic acid groups (broad SMARTS) is 1. The van der Waals surface area contributed by atoms with Gasteiger partial charge in [0.1, 0.15) is 5.54 Å². The van der Waals surface area contributed by atoms with E-state index in [1.54, 1.807) is 0 Å². The molecule has 4 nitrogen and oxygen atoms in total. The van der Waals surface area contributed by atoms with E-state index in [2.05, 4.69) is 17.1 Å². The Hall–Kier alpha value is -0.610. The van der Waals surface area contributed by atoms with E-state index in [4.69, 9.17) is 0 Å². The van der Waals surface area contributed by atoms with E-state index in [0.717, 1.165) is 25.8 Å². The Morgan fingerprint density at radius 1 is 1.35 bits per heavy atom. The van der Waals surface area contributed by atoms with Crippen molar-refractivity contribution in [1.29, 1.82) is 0 Å². The molecule has 2 atom stereocenters. The summed E-state index contributed by atoms with van der Waals surface area (Å²) in [5, 5.41) is 13.3. The van der Waals surface area contributed by atoms with Gasteiger partial charge in [0.25, 0.3) is 0 Å². The van der Waals surface area contributed by atoms with Crippen LogP contribution in [0, 0.1) is 5.92 Å². The molecule has 2 N–H and O–H groups in total. The van der Waals surface area contributed by atoms with Crippen molar-refractivity contribution in [3.63, 3.8) is 0 Å². The quantitative estimate of drug-likeness (QED) is 0.753. The first kappa shape index (κ1) is 15.8. The zero-order chi connectivity index (χ0) is 14.8. The van der Waals surface area contributed by atoms with Gasteiger partial charge in [0.05, 0.1) is 0 Å². The van der Waals surface area contributed by atoms with Gasteiger partial charge in [0, 0.05) is 18.6 Å². The molecule has 0 aromatic rings. The van der Waals surface area contributed by atoms with Crippen molar-refractivity contribution < 1.29 is 9.90 Å². The number of likely N-dealkylation sites (tertiary alicyclic amines) is 1. The number of carbonyl (C=O) groups is 1. The number of carboxylic acids is 1. The van der Waals surface area contributed by atoms with Crippen LogP contribution in [0.4, 0.5) is 0 Å². The van der Waals surface area contributed by atoms with Gasteiger partial charge < -0.3 is 5.11 Å². The predicted molar refractivity (Wildman–Crippen MR) is 80.9 cm³/mol. The lowest BCUT2D eigenvalue weighted by atomic mass is 9.88. The lowest BCUT2D eigenvalue weighted by molar-refractivity contribution is -0.148. The van der Waals surface area contributed by atoms with E-state index in [9.17, 15) is 9.90 Å². The van der Waals surface area contributed by atoms with Crippen LogP contribution >= 0.6 is 0 Å². The third-order valence-corrected chi connectivity index (χ3v) is 4.87. The molecule has 0 bridgehead atoms. The smallest absolute Gasteiger partial charge is 0.325 e. The SMILES string of the molecule is CCC1CCCCN1CC(NC(C)C)(C(=O)O)C1CC1. The summed E-state index contributed by atoms with van der Waals surface area (Å²) in [6.45, 7) is 8.04. The summed E-state index contributed by atoms with van der Waals surface area (Å²) in [4.78, 5) is 14.5. The highest BCUT2D eigenvalue weighted by atomic mass is 16.4. The molecule has 0 aromatic heterocycles. The van der Waals surface area contributed by atoms with Crippen molar-refractivity contribution in [3.8, 4) is 0 Å². The lowest BCUT2D eigenvalue weighted by Crippen LogP contribution is -2.64. The van der Waals surface area contributed by atoms with Crippen LogP contribution in [0.1, 0.15) is 59.3 Å². The highest BCUT2D eigenvalue weighted by molar-refractivity contribution is 5.80. The molecule has 1 saturated carbocycles. The van der Waals surface area contributed by atoms with E-state index in [0.29, 0.717) is 18.5 Å². The molecule has 1 aliphatic heterocycles. The van der Waals surface area contributed by atoms with Crippen LogP contribution in [0.3, 0.4) is 0 Å². The summed E-state index contributed by atoms with van der Waals surface area (Å²) in [6, 6.07) is 0.770. The van der Waals surface area contributed by atoms with Gasteiger partial charge in [0.2, 0.25) is 0 Å². The standard InChI is InChI=1S/C16H30N2O2/c1-4-14-7-5-6-10-18(14)11-16(15(19)20,13-8-9-13)17-12(2)3/h12-14,17H,4-11H2,1-3H3,(H,19,20). The summed E-state index contributed by atoms with van der Waals surface area (Å²) < 4.78 is 0. The Bertz CT molecular complexity index is 341. The fraction of sp³-hybridized carbons (Fsp3) is 0.938. The van der Waals surface area contributed by atoms with Crippen molar-refractivity contribution >= 4 is 5.97 Å². The van der Waals surface area contributed by atoms with Gasteiger partial charge in [-0.2, -0.15) is 0 Å². The van der Waals surface area contributed by atoms with Gasteiger partial charge in [-0.15, -0.1) is 0 Å². The fourth-order valence-corrected chi connectivity index (χ4v) is 3.74. The second-order valence-electron chi connectivity index (χ2n) is 6.88. The van der Waals surface area contributed by atoms with Crippen molar-refractivity contribution in [2.45, 2.75) is 76.9 Å². The molecule has 0 aromatic carbocycles. The van der Waals surface area contributed by atoms with E-state index in [-0.39, 0.29) is 6.04 Å². The minimum Gasteiger partial charge on any atom is -0.480 e. The van der Waals surface area contributed by atoms with Crippen LogP contribution in [0.5, 0.6) is 0 Å². The average molecular weight is 282 g/mol. The van der Waals surface area contributed by atoms with Gasteiger partial charge >= 0.3 is 5.97 Å². The molecule has 2 unspecified atom stereocenters. The molecule has 2 fully saturated rings. The zero-order valence-corrected chi connectivity index (χ0v) is 13.2. The van der Waals surface area contributed by atoms with Gasteiger partial charge in [0.15, 0.2) is 0 Å². The van der Waals surface area contributed by atoms with E-state index < -0.39 is 11.5 Å². The molecule has 2 rings (SSSR count). The van der Waals surface area contributed by atoms with E-state index in [1.807, 2.05) is 13.8 Å². The molecule has 4 heteroatoms. The highest BCUT2D eigenvalue weighted by Gasteiger charge is 2.52. The Balaban J connectivity index is 2.15. The Labute approximate surface area is 122 Å². The summed E-state index contributed by atoms with van der Waals surface area (Å²) >= 11 is 0. The van der Waals surface area contributed by atoms with Gasteiger partial charge in [-0.3, -0.25) is 15.0 Å². The van der Waals surface area contributed by atoms with E-state index in [1.165, 1.54) is 19.3 Å². The monoisotopic (exact) mass is 282 g/mol. The minimum atomic E-state index is -0.737. The normalized spacial score (nSPS) is 27.5. The average Bonchev–Trinajstić information content (AvgIpc) is 3.22. The second kappa shape index (κ2) is 6.44. The third kappa shape index (κ3) is 3.34. The fourth-order valence-electron chi connectivity index (χ4n) is 3.74. The maximum Gasteiger partial charge on any atom is 0.325 e. The Kier molecular flexibility index (Phi) is 5.08. The summed E-state index contributed by atoms with van der Waals surface area (Å²) in [5.74, 6) is -0.351. The molecule has 20 heavy (non-hydrogen) atoms. The molecular weight excluding hydrogens is 252 g/mol. The minimum absolute atomic E-state index is 0.205. The number of piperidine rings is 1. The number of rotatable bonds is 7. The van der Waals surface area contributed by atoms with Crippen LogP contribution in [0.2, 0.25) is 0 Å². The van der Waals surface area contributed by atoms with Crippen LogP contribution in [-0.2, 0) is 4.79 Å². The van der Waals surface area contributed by atoms with Crippen molar-refractivity contribution in [2.75, 3.05) is 13.1 Å². The zero-order valence-electron chi connectivity index (χ0n) is 13.2. The molecule has 0 radical (unpaired) electrons. The second-order valence-corrected chi connectivity index (χ2v) is 6.88. The van der Waals surface area contributed by atoms with Gasteiger partial charge in [-0.25, -0.2) is 0 Å². The molecule has 2 aliphatic rings. The van der Waals surface area contributed by atoms with E-state index >= 15 is 0 Å². The number of hydrogen-bond donors (Lipinski definition) is 2. The number of aliphatic carboxylic acids is 1. The van der Waals surface area contributed by atoms with Crippen molar-refractivity contribution in [1.82, 2.24) is 10.2 Å². The Morgan fingerprint density at radius 3 is 2.55 bits per heavy atom. The largest absolute Gasteiger partial charge is 0.480 e. The number of nitrogens with zero attached hydrogens (tertiary/aromatic N) is 1. The molecule has 1 heterocycles. The highest BCUT2D eigenvalue weighted by Crippen LogP contribution is 2.41. The summed E-state index contributed by atoms with van der Waals surface area (Å²) in [7, 11) is 0. The maximum atomic E-state index is 12.0. The third-order valence-electron chi connectivity index (χ3n) is 4.87. The molecule has 1 aliphatic carbocycles. The van der Waals surface area contributed by atoms with Gasteiger partial charge in [-0.1, -0.05) is 13.3 Å². The molecule has 0 spiro atoms. The van der Waals surface area contributed by atoms with Crippen LogP contribution in [0.15, 0.2) is 0 Å². The molecule has 116 valence electrons. The summed E-state index contributed by atoms with van der Waals surface area (Å²) in [6.07, 6.45) is 6.95. The van der Waals surface area contributed by atoms with Crippen molar-refractivity contribution in [3.05, 3.63) is 0 Å². The number of hydrogen-bond acceptors (Lipinski definition) is 3. The number of nitrogens with one attached hydrogen (secondary N) is 1. The maximum absolute atomic E-state index is 12.0. The molecule has 0 amide bonds. The first-order chi connectivity index (χ1) is 9.49. The van der Waals surface area contributed by atoms with Crippen molar-refractivity contribution in [2.24, 2.45) is 5.92 Å². The van der Waals surface area contributed by atoms with Gasteiger partial charge in [-0.05, 0) is 58.4 Å². The lowest BCUT2D eigenvalue weighted by Gasteiger charge is -2.42. The topological polar surface area (TPSA) is 52.6 Å². The molecular formula is C16H30N2O2. The summed E-state index contributed by atoms with van der Waals surface area (Å²) in [5.41, 5.74) is -0.737. The first-order valence-electron chi connectivity index (χ1n) is 8.24. The van der Waals surface area contributed by atoms with Crippen LogP contribution < -0.4 is 5.32 Å². The van der Waals surface area contributed by atoms with Crippen LogP contribution in [0.25, 0.3) is 0 Å². The van der Waals surface area contributed by atoms with Crippen LogP contribution in [-0.4, -0.2) is 46.7 Å². The predicted octanol–water partition coefficient (Wildman–Crippen LogP) is 2.48. The Morgan fingerprint density at radius 2 is 2.05 bits per heavy atom. The first-order valence-corrected chi connectivity index (χ1v) is 8.24.